The fourth-order valence-corrected chi connectivity index (χ4v) is 1.46. The molecular formula is C12H16N2O. The molecule has 0 bridgehead atoms. The second-order valence-electron chi connectivity index (χ2n) is 3.88. The second kappa shape index (κ2) is 4.36. The molecule has 15 heavy (non-hydrogen) atoms. The number of fused-ring (bicyclic) bond motifs is 1. The Kier molecular flexibility index (Phi) is 2.92. The van der Waals surface area contributed by atoms with Crippen molar-refractivity contribution in [1.82, 2.24) is 9.88 Å². The number of nitrogens with one attached hydrogen (secondary N) is 1. The van der Waals surface area contributed by atoms with E-state index in [1.165, 1.54) is 5.39 Å². The fourth-order valence-electron chi connectivity index (χ4n) is 1.46. The molecule has 0 saturated heterocycles. The molecule has 0 aliphatic carbocycles. The molecule has 3 heteroatoms. The highest BCUT2D eigenvalue weighted by Gasteiger charge is 1.98. The topological polar surface area (TPSA) is 28.3 Å². The van der Waals surface area contributed by atoms with Crippen LogP contribution in [0.15, 0.2) is 30.5 Å². The number of ether oxygens (including phenoxy) is 1. The molecule has 0 aliphatic rings. The molecule has 1 aromatic heterocycles. The molecule has 2 rings (SSSR count). The Morgan fingerprint density at radius 3 is 2.93 bits per heavy atom. The van der Waals surface area contributed by atoms with E-state index in [1.54, 1.807) is 0 Å². The summed E-state index contributed by atoms with van der Waals surface area (Å²) in [5.74, 6) is 0.923. The number of H-pyrrole nitrogens is 1. The molecule has 0 radical (unpaired) electrons. The third-order valence-electron chi connectivity index (χ3n) is 2.33. The minimum atomic E-state index is 0.721. The quantitative estimate of drug-likeness (QED) is 0.826. The van der Waals surface area contributed by atoms with E-state index in [9.17, 15) is 0 Å². The highest BCUT2D eigenvalue weighted by atomic mass is 16.5. The zero-order valence-electron chi connectivity index (χ0n) is 9.16. The zero-order valence-corrected chi connectivity index (χ0v) is 9.16. The van der Waals surface area contributed by atoms with Gasteiger partial charge in [-0.25, -0.2) is 0 Å². The molecule has 0 amide bonds. The van der Waals surface area contributed by atoms with Crippen LogP contribution in [0.5, 0.6) is 5.75 Å². The standard InChI is InChI=1S/C12H16N2O/c1-14(2)7-8-15-11-4-3-10-5-6-13-12(10)9-11/h3-6,9,13H,7-8H2,1-2H3. The lowest BCUT2D eigenvalue weighted by atomic mass is 10.2. The fraction of sp³-hybridized carbons (Fsp3) is 0.333. The van der Waals surface area contributed by atoms with Gasteiger partial charge >= 0.3 is 0 Å². The van der Waals surface area contributed by atoms with Gasteiger partial charge in [0.2, 0.25) is 0 Å². The van der Waals surface area contributed by atoms with Crippen molar-refractivity contribution in [1.29, 1.82) is 0 Å². The van der Waals surface area contributed by atoms with Gasteiger partial charge < -0.3 is 14.6 Å². The van der Waals surface area contributed by atoms with Gasteiger partial charge in [0.05, 0.1) is 0 Å². The van der Waals surface area contributed by atoms with Gasteiger partial charge in [0.15, 0.2) is 0 Å². The van der Waals surface area contributed by atoms with E-state index in [0.29, 0.717) is 0 Å². The largest absolute Gasteiger partial charge is 0.492 e. The molecule has 0 unspecified atom stereocenters. The number of rotatable bonds is 4. The highest BCUT2D eigenvalue weighted by Crippen LogP contribution is 2.19. The summed E-state index contributed by atoms with van der Waals surface area (Å²) >= 11 is 0. The van der Waals surface area contributed by atoms with Crippen molar-refractivity contribution in [2.75, 3.05) is 27.2 Å². The molecule has 0 spiro atoms. The third kappa shape index (κ3) is 2.50. The molecule has 1 N–H and O–H groups in total. The number of aromatic amines is 1. The maximum atomic E-state index is 5.63. The summed E-state index contributed by atoms with van der Waals surface area (Å²) in [7, 11) is 4.08. The number of likely N-dealkylation sites (N-methyl/N-ethyl adjacent to an activating group) is 1. The van der Waals surface area contributed by atoms with Crippen molar-refractivity contribution >= 4 is 10.9 Å². The molecule has 2 aromatic rings. The van der Waals surface area contributed by atoms with Gasteiger partial charge in [-0.15, -0.1) is 0 Å². The lowest BCUT2D eigenvalue weighted by Gasteiger charge is -2.10. The first-order chi connectivity index (χ1) is 7.25. The van der Waals surface area contributed by atoms with E-state index in [-0.39, 0.29) is 0 Å². The SMILES string of the molecule is CN(C)CCOc1ccc2cc[nH]c2c1. The van der Waals surface area contributed by atoms with Crippen LogP contribution in [0.1, 0.15) is 0 Å². The van der Waals surface area contributed by atoms with Crippen LogP contribution in [-0.4, -0.2) is 37.1 Å². The van der Waals surface area contributed by atoms with Crippen molar-refractivity contribution in [3.05, 3.63) is 30.5 Å². The van der Waals surface area contributed by atoms with Gasteiger partial charge in [-0.1, -0.05) is 0 Å². The number of nitrogens with zero attached hydrogens (tertiary/aromatic N) is 1. The molecule has 3 nitrogen and oxygen atoms in total. The van der Waals surface area contributed by atoms with Crippen LogP contribution >= 0.6 is 0 Å². The van der Waals surface area contributed by atoms with Crippen molar-refractivity contribution < 1.29 is 4.74 Å². The molecule has 80 valence electrons. The lowest BCUT2D eigenvalue weighted by Crippen LogP contribution is -2.19. The highest BCUT2D eigenvalue weighted by molar-refractivity contribution is 5.80. The molecule has 0 fully saturated rings. The molecular weight excluding hydrogens is 188 g/mol. The first-order valence-electron chi connectivity index (χ1n) is 5.10. The Balaban J connectivity index is 2.02. The van der Waals surface area contributed by atoms with Gasteiger partial charge in [0.25, 0.3) is 0 Å². The summed E-state index contributed by atoms with van der Waals surface area (Å²) in [5, 5.41) is 1.22. The molecule has 0 saturated carbocycles. The van der Waals surface area contributed by atoms with Crippen LogP contribution in [0.4, 0.5) is 0 Å². The summed E-state index contributed by atoms with van der Waals surface area (Å²) in [5.41, 5.74) is 1.12. The Hall–Kier alpha value is -1.48. The van der Waals surface area contributed by atoms with Gasteiger partial charge in [-0.3, -0.25) is 0 Å². The monoisotopic (exact) mass is 204 g/mol. The van der Waals surface area contributed by atoms with Crippen molar-refractivity contribution in [3.63, 3.8) is 0 Å². The molecule has 0 atom stereocenters. The van der Waals surface area contributed by atoms with Crippen molar-refractivity contribution in [2.45, 2.75) is 0 Å². The number of hydrogen-bond donors (Lipinski definition) is 1. The van der Waals surface area contributed by atoms with Gasteiger partial charge in [-0.05, 0) is 37.7 Å². The van der Waals surface area contributed by atoms with Crippen LogP contribution in [0.3, 0.4) is 0 Å². The summed E-state index contributed by atoms with van der Waals surface area (Å²) in [6, 6.07) is 8.16. The van der Waals surface area contributed by atoms with Gasteiger partial charge in [-0.2, -0.15) is 0 Å². The third-order valence-corrected chi connectivity index (χ3v) is 2.33. The second-order valence-corrected chi connectivity index (χ2v) is 3.88. The van der Waals surface area contributed by atoms with Gasteiger partial charge in [0, 0.05) is 24.3 Å². The van der Waals surface area contributed by atoms with E-state index in [4.69, 9.17) is 4.74 Å². The van der Waals surface area contributed by atoms with Crippen molar-refractivity contribution in [3.8, 4) is 5.75 Å². The van der Waals surface area contributed by atoms with Crippen LogP contribution in [0.25, 0.3) is 10.9 Å². The lowest BCUT2D eigenvalue weighted by molar-refractivity contribution is 0.261. The average Bonchev–Trinajstić information content (AvgIpc) is 2.64. The minimum Gasteiger partial charge on any atom is -0.492 e. The van der Waals surface area contributed by atoms with Crippen LogP contribution in [-0.2, 0) is 0 Å². The molecule has 1 aromatic carbocycles. The Bertz CT molecular complexity index is 434. The molecule has 1 heterocycles. The maximum Gasteiger partial charge on any atom is 0.121 e. The van der Waals surface area contributed by atoms with E-state index < -0.39 is 0 Å². The summed E-state index contributed by atoms with van der Waals surface area (Å²) in [6.45, 7) is 1.65. The van der Waals surface area contributed by atoms with Crippen LogP contribution in [0.2, 0.25) is 0 Å². The number of hydrogen-bond acceptors (Lipinski definition) is 2. The average molecular weight is 204 g/mol. The number of benzene rings is 1. The molecule has 0 aliphatic heterocycles. The normalized spacial score (nSPS) is 11.1. The number of aromatic nitrogens is 1. The Morgan fingerprint density at radius 1 is 1.27 bits per heavy atom. The van der Waals surface area contributed by atoms with Crippen molar-refractivity contribution in [2.24, 2.45) is 0 Å². The predicted octanol–water partition coefficient (Wildman–Crippen LogP) is 2.11. The van der Waals surface area contributed by atoms with E-state index >= 15 is 0 Å². The van der Waals surface area contributed by atoms with E-state index in [1.807, 2.05) is 32.4 Å². The van der Waals surface area contributed by atoms with E-state index in [0.717, 1.165) is 24.4 Å². The smallest absolute Gasteiger partial charge is 0.121 e. The van der Waals surface area contributed by atoms with Crippen LogP contribution < -0.4 is 4.74 Å². The first-order valence-corrected chi connectivity index (χ1v) is 5.10. The first kappa shape index (κ1) is 10.1. The van der Waals surface area contributed by atoms with Crippen LogP contribution in [0, 0.1) is 0 Å². The Labute approximate surface area is 89.7 Å². The summed E-state index contributed by atoms with van der Waals surface area (Å²) < 4.78 is 5.63. The van der Waals surface area contributed by atoms with E-state index in [2.05, 4.69) is 22.0 Å². The van der Waals surface area contributed by atoms with Gasteiger partial charge in [0.1, 0.15) is 12.4 Å². The zero-order chi connectivity index (χ0) is 10.7. The predicted molar refractivity (Wildman–Crippen MR) is 62.3 cm³/mol. The summed E-state index contributed by atoms with van der Waals surface area (Å²) in [4.78, 5) is 5.27. The maximum absolute atomic E-state index is 5.63. The Morgan fingerprint density at radius 2 is 2.13 bits per heavy atom. The minimum absolute atomic E-state index is 0.721. The summed E-state index contributed by atoms with van der Waals surface area (Å²) in [6.07, 6.45) is 1.94.